The number of fused-ring (bicyclic) bond motifs is 2. The van der Waals surface area contributed by atoms with Crippen LogP contribution in [0.1, 0.15) is 45.1 Å². The molecule has 3 heteroatoms. The Morgan fingerprint density at radius 3 is 2.76 bits per heavy atom. The standard InChI is InChI=1S/C18H26ClNO/c1-12(2)20-10-14-4-6-18(17(19)9-14)21-11-16-8-13-3-5-15(16)7-13/h4,6,9,12-13,15-16,20H,3,5,7-8,10-11H2,1-2H3. The second-order valence-corrected chi connectivity index (χ2v) is 7.45. The van der Waals surface area contributed by atoms with Crippen LogP contribution in [0.5, 0.6) is 5.75 Å². The summed E-state index contributed by atoms with van der Waals surface area (Å²) >= 11 is 6.36. The fourth-order valence-electron chi connectivity index (χ4n) is 3.87. The van der Waals surface area contributed by atoms with E-state index < -0.39 is 0 Å². The summed E-state index contributed by atoms with van der Waals surface area (Å²) in [4.78, 5) is 0. The van der Waals surface area contributed by atoms with E-state index in [1.807, 2.05) is 12.1 Å². The van der Waals surface area contributed by atoms with Crippen LogP contribution < -0.4 is 10.1 Å². The summed E-state index contributed by atoms with van der Waals surface area (Å²) in [7, 11) is 0. The first kappa shape index (κ1) is 15.2. The van der Waals surface area contributed by atoms with Gasteiger partial charge in [-0.15, -0.1) is 0 Å². The van der Waals surface area contributed by atoms with E-state index in [4.69, 9.17) is 16.3 Å². The number of halogens is 1. The highest BCUT2D eigenvalue weighted by Crippen LogP contribution is 2.48. The summed E-state index contributed by atoms with van der Waals surface area (Å²) in [6.07, 6.45) is 5.64. The van der Waals surface area contributed by atoms with Crippen molar-refractivity contribution in [3.63, 3.8) is 0 Å². The maximum atomic E-state index is 6.36. The SMILES string of the molecule is CC(C)NCc1ccc(OCC2CC3CCC2C3)c(Cl)c1. The van der Waals surface area contributed by atoms with Crippen molar-refractivity contribution in [2.75, 3.05) is 6.61 Å². The van der Waals surface area contributed by atoms with E-state index in [1.54, 1.807) is 0 Å². The summed E-state index contributed by atoms with van der Waals surface area (Å²) in [6, 6.07) is 6.63. The van der Waals surface area contributed by atoms with Crippen LogP contribution in [0, 0.1) is 17.8 Å². The van der Waals surface area contributed by atoms with E-state index >= 15 is 0 Å². The minimum atomic E-state index is 0.484. The van der Waals surface area contributed by atoms with Gasteiger partial charge in [0, 0.05) is 12.6 Å². The molecule has 3 atom stereocenters. The zero-order valence-corrected chi connectivity index (χ0v) is 13.8. The zero-order valence-electron chi connectivity index (χ0n) is 13.1. The predicted octanol–water partition coefficient (Wildman–Crippen LogP) is 4.65. The van der Waals surface area contributed by atoms with Crippen molar-refractivity contribution in [2.45, 2.75) is 52.1 Å². The molecule has 1 N–H and O–H groups in total. The Labute approximate surface area is 133 Å². The monoisotopic (exact) mass is 307 g/mol. The van der Waals surface area contributed by atoms with Gasteiger partial charge in [-0.05, 0) is 54.7 Å². The van der Waals surface area contributed by atoms with Crippen LogP contribution in [0.25, 0.3) is 0 Å². The molecule has 2 nitrogen and oxygen atoms in total. The van der Waals surface area contributed by atoms with Gasteiger partial charge in [0.25, 0.3) is 0 Å². The quantitative estimate of drug-likeness (QED) is 0.825. The molecule has 1 aromatic carbocycles. The molecular formula is C18H26ClNO. The number of ether oxygens (including phenoxy) is 1. The molecule has 0 heterocycles. The maximum absolute atomic E-state index is 6.36. The molecule has 2 saturated carbocycles. The van der Waals surface area contributed by atoms with Gasteiger partial charge in [-0.25, -0.2) is 0 Å². The lowest BCUT2D eigenvalue weighted by atomic mass is 9.89. The molecule has 0 radical (unpaired) electrons. The molecule has 21 heavy (non-hydrogen) atoms. The molecule has 2 fully saturated rings. The van der Waals surface area contributed by atoms with Crippen LogP contribution in [0.4, 0.5) is 0 Å². The molecule has 116 valence electrons. The van der Waals surface area contributed by atoms with Gasteiger partial charge in [-0.1, -0.05) is 37.9 Å². The van der Waals surface area contributed by atoms with Crippen molar-refractivity contribution in [3.8, 4) is 5.75 Å². The minimum absolute atomic E-state index is 0.484. The lowest BCUT2D eigenvalue weighted by molar-refractivity contribution is 0.195. The highest BCUT2D eigenvalue weighted by molar-refractivity contribution is 6.32. The Hall–Kier alpha value is -0.730. The van der Waals surface area contributed by atoms with Crippen LogP contribution in [-0.4, -0.2) is 12.6 Å². The summed E-state index contributed by atoms with van der Waals surface area (Å²) in [6.45, 7) is 5.98. The number of nitrogens with one attached hydrogen (secondary N) is 1. The third-order valence-electron chi connectivity index (χ3n) is 5.05. The number of hydrogen-bond donors (Lipinski definition) is 1. The number of rotatable bonds is 6. The van der Waals surface area contributed by atoms with Crippen molar-refractivity contribution >= 4 is 11.6 Å². The van der Waals surface area contributed by atoms with Gasteiger partial charge in [0.1, 0.15) is 5.75 Å². The second-order valence-electron chi connectivity index (χ2n) is 7.05. The van der Waals surface area contributed by atoms with Crippen molar-refractivity contribution in [3.05, 3.63) is 28.8 Å². The van der Waals surface area contributed by atoms with Crippen molar-refractivity contribution in [1.29, 1.82) is 0 Å². The third-order valence-corrected chi connectivity index (χ3v) is 5.34. The van der Waals surface area contributed by atoms with E-state index in [-0.39, 0.29) is 0 Å². The first-order valence-electron chi connectivity index (χ1n) is 8.26. The lowest BCUT2D eigenvalue weighted by Gasteiger charge is -2.22. The Kier molecular flexibility index (Phi) is 4.75. The summed E-state index contributed by atoms with van der Waals surface area (Å²) in [5.74, 6) is 3.47. The maximum Gasteiger partial charge on any atom is 0.137 e. The van der Waals surface area contributed by atoms with Crippen LogP contribution in [0.15, 0.2) is 18.2 Å². The highest BCUT2D eigenvalue weighted by atomic mass is 35.5. The normalized spacial score (nSPS) is 27.5. The van der Waals surface area contributed by atoms with Crippen LogP contribution in [0.2, 0.25) is 5.02 Å². The first-order valence-corrected chi connectivity index (χ1v) is 8.64. The zero-order chi connectivity index (χ0) is 14.8. The van der Waals surface area contributed by atoms with Gasteiger partial charge >= 0.3 is 0 Å². The Bertz CT molecular complexity index is 488. The van der Waals surface area contributed by atoms with Crippen LogP contribution in [-0.2, 0) is 6.54 Å². The molecule has 3 rings (SSSR count). The average molecular weight is 308 g/mol. The van der Waals surface area contributed by atoms with Gasteiger partial charge in [0.15, 0.2) is 0 Å². The fourth-order valence-corrected chi connectivity index (χ4v) is 4.13. The fraction of sp³-hybridized carbons (Fsp3) is 0.667. The first-order chi connectivity index (χ1) is 10.1. The van der Waals surface area contributed by atoms with E-state index in [2.05, 4.69) is 25.2 Å². The topological polar surface area (TPSA) is 21.3 Å². The summed E-state index contributed by atoms with van der Waals surface area (Å²) < 4.78 is 6.00. The third kappa shape index (κ3) is 3.73. The van der Waals surface area contributed by atoms with Crippen molar-refractivity contribution < 1.29 is 4.74 Å². The Morgan fingerprint density at radius 1 is 1.29 bits per heavy atom. The largest absolute Gasteiger partial charge is 0.492 e. The number of hydrogen-bond acceptors (Lipinski definition) is 2. The summed E-state index contributed by atoms with van der Waals surface area (Å²) in [5.41, 5.74) is 1.21. The molecule has 0 aromatic heterocycles. The number of benzene rings is 1. The molecule has 0 saturated heterocycles. The average Bonchev–Trinajstić information content (AvgIpc) is 3.06. The van der Waals surface area contributed by atoms with Gasteiger partial charge in [0.05, 0.1) is 11.6 Å². The Morgan fingerprint density at radius 2 is 2.14 bits per heavy atom. The minimum Gasteiger partial charge on any atom is -0.492 e. The molecule has 0 spiro atoms. The Balaban J connectivity index is 1.53. The molecule has 2 bridgehead atoms. The van der Waals surface area contributed by atoms with Crippen molar-refractivity contribution in [1.82, 2.24) is 5.32 Å². The molecule has 3 unspecified atom stereocenters. The molecular weight excluding hydrogens is 282 g/mol. The van der Waals surface area contributed by atoms with E-state index in [9.17, 15) is 0 Å². The van der Waals surface area contributed by atoms with E-state index in [0.29, 0.717) is 6.04 Å². The molecule has 1 aromatic rings. The van der Waals surface area contributed by atoms with Gasteiger partial charge in [-0.3, -0.25) is 0 Å². The summed E-state index contributed by atoms with van der Waals surface area (Å²) in [5, 5.41) is 4.14. The van der Waals surface area contributed by atoms with Crippen molar-refractivity contribution in [2.24, 2.45) is 17.8 Å². The smallest absolute Gasteiger partial charge is 0.137 e. The highest BCUT2D eigenvalue weighted by Gasteiger charge is 2.39. The van der Waals surface area contributed by atoms with E-state index in [0.717, 1.165) is 41.7 Å². The molecule has 2 aliphatic carbocycles. The second kappa shape index (κ2) is 6.58. The molecule has 0 aliphatic heterocycles. The van der Waals surface area contributed by atoms with E-state index in [1.165, 1.54) is 31.2 Å². The molecule has 0 amide bonds. The molecule has 2 aliphatic rings. The predicted molar refractivity (Wildman–Crippen MR) is 87.9 cm³/mol. The van der Waals surface area contributed by atoms with Gasteiger partial charge in [0.2, 0.25) is 0 Å². The van der Waals surface area contributed by atoms with Gasteiger partial charge < -0.3 is 10.1 Å². The van der Waals surface area contributed by atoms with Crippen LogP contribution >= 0.6 is 11.6 Å². The van der Waals surface area contributed by atoms with Crippen LogP contribution in [0.3, 0.4) is 0 Å². The van der Waals surface area contributed by atoms with Gasteiger partial charge in [-0.2, -0.15) is 0 Å². The lowest BCUT2D eigenvalue weighted by Crippen LogP contribution is -2.21.